The van der Waals surface area contributed by atoms with Crippen molar-refractivity contribution in [3.05, 3.63) is 17.9 Å². The molecule has 0 saturated carbocycles. The van der Waals surface area contributed by atoms with Crippen molar-refractivity contribution in [2.75, 3.05) is 13.2 Å². The molecule has 3 heteroatoms. The first-order valence-corrected chi connectivity index (χ1v) is 10.8. The van der Waals surface area contributed by atoms with E-state index < -0.39 is 8.07 Å². The molecule has 1 saturated heterocycles. The maximum absolute atomic E-state index is 5.74. The van der Waals surface area contributed by atoms with Gasteiger partial charge in [-0.25, -0.2) is 0 Å². The van der Waals surface area contributed by atoms with E-state index in [0.717, 1.165) is 32.5 Å². The highest BCUT2D eigenvalue weighted by Crippen LogP contribution is 2.20. The second-order valence-electron chi connectivity index (χ2n) is 6.29. The van der Waals surface area contributed by atoms with Gasteiger partial charge in [-0.05, 0) is 43.7 Å². The molecule has 1 rings (SSSR count). The van der Waals surface area contributed by atoms with Crippen LogP contribution in [0.5, 0.6) is 0 Å². The quantitative estimate of drug-likeness (QED) is 0.388. The summed E-state index contributed by atoms with van der Waals surface area (Å²) in [6.07, 6.45) is 5.64. The molecule has 0 radical (unpaired) electrons. The first-order valence-electron chi connectivity index (χ1n) is 7.12. The Hall–Kier alpha value is -0.343. The van der Waals surface area contributed by atoms with Crippen molar-refractivity contribution in [2.24, 2.45) is 0 Å². The number of ether oxygens (including phenoxy) is 2. The van der Waals surface area contributed by atoms with E-state index in [9.17, 15) is 0 Å². The van der Waals surface area contributed by atoms with E-state index in [1.807, 2.05) is 0 Å². The van der Waals surface area contributed by atoms with Gasteiger partial charge in [-0.2, -0.15) is 0 Å². The molecule has 1 aliphatic heterocycles. The van der Waals surface area contributed by atoms with Crippen LogP contribution in [0.3, 0.4) is 0 Å². The lowest BCUT2D eigenvalue weighted by molar-refractivity contribution is -0.162. The molecule has 1 aliphatic rings. The average molecular weight is 268 g/mol. The molecule has 1 unspecified atom stereocenters. The Morgan fingerprint density at radius 2 is 2.17 bits per heavy atom. The number of rotatable bonds is 7. The number of hydrogen-bond acceptors (Lipinski definition) is 2. The molecule has 0 N–H and O–H groups in total. The van der Waals surface area contributed by atoms with E-state index in [2.05, 4.69) is 32.0 Å². The van der Waals surface area contributed by atoms with Gasteiger partial charge in [0.05, 0.1) is 6.61 Å². The number of allylic oxidation sites excluding steroid dienone is 1. The second kappa shape index (κ2) is 7.95. The van der Waals surface area contributed by atoms with E-state index in [1.165, 1.54) is 24.5 Å². The van der Waals surface area contributed by atoms with Crippen molar-refractivity contribution in [3.63, 3.8) is 0 Å². The fraction of sp³-hybridized carbons (Fsp3) is 0.800. The van der Waals surface area contributed by atoms with Crippen molar-refractivity contribution < 1.29 is 9.47 Å². The first kappa shape index (κ1) is 15.7. The maximum atomic E-state index is 5.74. The predicted octanol–water partition coefficient (Wildman–Crippen LogP) is 4.36. The third-order valence-corrected chi connectivity index (χ3v) is 4.55. The summed E-state index contributed by atoms with van der Waals surface area (Å²) in [5.74, 6) is 0. The van der Waals surface area contributed by atoms with E-state index in [0.29, 0.717) is 0 Å². The Labute approximate surface area is 113 Å². The van der Waals surface area contributed by atoms with Crippen LogP contribution in [0.15, 0.2) is 17.9 Å². The molecule has 1 fully saturated rings. The van der Waals surface area contributed by atoms with Gasteiger partial charge in [0.2, 0.25) is 0 Å². The predicted molar refractivity (Wildman–Crippen MR) is 79.6 cm³/mol. The SMILES string of the molecule is C=C=C(CCCOC1CCCCO1)C[Si](C)(C)C. The van der Waals surface area contributed by atoms with Gasteiger partial charge in [-0.1, -0.05) is 26.2 Å². The Bertz CT molecular complexity index is 281. The maximum Gasteiger partial charge on any atom is 0.157 e. The highest BCUT2D eigenvalue weighted by Gasteiger charge is 2.16. The summed E-state index contributed by atoms with van der Waals surface area (Å²) in [6, 6.07) is 1.20. The topological polar surface area (TPSA) is 18.5 Å². The highest BCUT2D eigenvalue weighted by atomic mass is 28.3. The van der Waals surface area contributed by atoms with E-state index in [-0.39, 0.29) is 6.29 Å². The smallest absolute Gasteiger partial charge is 0.157 e. The first-order chi connectivity index (χ1) is 8.51. The van der Waals surface area contributed by atoms with Crippen LogP contribution in [-0.2, 0) is 9.47 Å². The molecule has 0 bridgehead atoms. The molecule has 1 atom stereocenters. The highest BCUT2D eigenvalue weighted by molar-refractivity contribution is 6.76. The normalized spacial score (nSPS) is 20.5. The summed E-state index contributed by atoms with van der Waals surface area (Å²) in [7, 11) is -1.04. The van der Waals surface area contributed by atoms with Crippen LogP contribution >= 0.6 is 0 Å². The number of hydrogen-bond donors (Lipinski definition) is 0. The molecule has 0 aromatic carbocycles. The average Bonchev–Trinajstić information content (AvgIpc) is 2.33. The van der Waals surface area contributed by atoms with Gasteiger partial charge in [0, 0.05) is 14.7 Å². The van der Waals surface area contributed by atoms with Crippen LogP contribution < -0.4 is 0 Å². The molecule has 0 aromatic heterocycles. The molecular weight excluding hydrogens is 240 g/mol. The van der Waals surface area contributed by atoms with Crippen molar-refractivity contribution in [3.8, 4) is 0 Å². The van der Waals surface area contributed by atoms with Gasteiger partial charge in [0.25, 0.3) is 0 Å². The molecule has 0 amide bonds. The zero-order chi connectivity index (χ0) is 13.4. The molecule has 0 spiro atoms. The standard InChI is InChI=1S/C15H28O2Si/c1-5-14(13-18(2,3)4)9-8-12-17-15-10-6-7-11-16-15/h15H,1,6-13H2,2-4H3. The summed E-state index contributed by atoms with van der Waals surface area (Å²) in [5.41, 5.74) is 4.49. The van der Waals surface area contributed by atoms with Crippen LogP contribution in [0.2, 0.25) is 25.7 Å². The van der Waals surface area contributed by atoms with Crippen molar-refractivity contribution in [2.45, 2.75) is 64.1 Å². The second-order valence-corrected chi connectivity index (χ2v) is 11.8. The molecule has 2 nitrogen and oxygen atoms in total. The van der Waals surface area contributed by atoms with Crippen LogP contribution in [0.25, 0.3) is 0 Å². The fourth-order valence-electron chi connectivity index (χ4n) is 2.22. The minimum atomic E-state index is -1.04. The summed E-state index contributed by atoms with van der Waals surface area (Å²) in [4.78, 5) is 0. The fourth-order valence-corrected chi connectivity index (χ4v) is 3.80. The van der Waals surface area contributed by atoms with E-state index in [1.54, 1.807) is 0 Å². The molecule has 18 heavy (non-hydrogen) atoms. The van der Waals surface area contributed by atoms with Gasteiger partial charge in [-0.3, -0.25) is 0 Å². The Balaban J connectivity index is 2.14. The molecule has 1 heterocycles. The van der Waals surface area contributed by atoms with Crippen LogP contribution in [0, 0.1) is 0 Å². The van der Waals surface area contributed by atoms with E-state index in [4.69, 9.17) is 9.47 Å². The molecule has 0 aliphatic carbocycles. The van der Waals surface area contributed by atoms with Crippen molar-refractivity contribution in [1.29, 1.82) is 0 Å². The van der Waals surface area contributed by atoms with Gasteiger partial charge in [0.15, 0.2) is 6.29 Å². The third kappa shape index (κ3) is 7.17. The molecule has 104 valence electrons. The summed E-state index contributed by atoms with van der Waals surface area (Å²) in [6.45, 7) is 12.6. The molecular formula is C15H28O2Si. The van der Waals surface area contributed by atoms with Crippen molar-refractivity contribution in [1.82, 2.24) is 0 Å². The molecule has 0 aromatic rings. The van der Waals surface area contributed by atoms with Gasteiger partial charge in [0.1, 0.15) is 0 Å². The summed E-state index contributed by atoms with van der Waals surface area (Å²) in [5, 5.41) is 0. The van der Waals surface area contributed by atoms with Crippen molar-refractivity contribution >= 4 is 8.07 Å². The van der Waals surface area contributed by atoms with Gasteiger partial charge >= 0.3 is 0 Å². The summed E-state index contributed by atoms with van der Waals surface area (Å²) < 4.78 is 11.3. The van der Waals surface area contributed by atoms with Gasteiger partial charge in [-0.15, -0.1) is 5.73 Å². The van der Waals surface area contributed by atoms with Crippen LogP contribution in [-0.4, -0.2) is 27.6 Å². The third-order valence-electron chi connectivity index (χ3n) is 3.06. The van der Waals surface area contributed by atoms with Gasteiger partial charge < -0.3 is 9.47 Å². The Kier molecular flexibility index (Phi) is 6.94. The lowest BCUT2D eigenvalue weighted by atomic mass is 10.2. The zero-order valence-electron chi connectivity index (χ0n) is 12.3. The van der Waals surface area contributed by atoms with Crippen LogP contribution in [0.1, 0.15) is 32.1 Å². The minimum Gasteiger partial charge on any atom is -0.353 e. The Morgan fingerprint density at radius 3 is 2.72 bits per heavy atom. The largest absolute Gasteiger partial charge is 0.353 e. The summed E-state index contributed by atoms with van der Waals surface area (Å²) >= 11 is 0. The zero-order valence-corrected chi connectivity index (χ0v) is 13.3. The van der Waals surface area contributed by atoms with E-state index >= 15 is 0 Å². The lowest BCUT2D eigenvalue weighted by Crippen LogP contribution is -2.23. The minimum absolute atomic E-state index is 0.0481. The van der Waals surface area contributed by atoms with Crippen LogP contribution in [0.4, 0.5) is 0 Å². The lowest BCUT2D eigenvalue weighted by Gasteiger charge is -2.23. The monoisotopic (exact) mass is 268 g/mol. The Morgan fingerprint density at radius 1 is 1.39 bits per heavy atom.